The molecule has 1 aromatic rings. The van der Waals surface area contributed by atoms with Gasteiger partial charge in [-0.1, -0.05) is 29.8 Å². The van der Waals surface area contributed by atoms with Gasteiger partial charge in [0.2, 0.25) is 0 Å². The predicted octanol–water partition coefficient (Wildman–Crippen LogP) is 4.06. The van der Waals surface area contributed by atoms with Gasteiger partial charge in [-0.25, -0.2) is 4.39 Å². The van der Waals surface area contributed by atoms with Gasteiger partial charge in [-0.15, -0.1) is 12.4 Å². The fraction of sp³-hybridized carbons (Fsp3) is 0.455. The Kier molecular flexibility index (Phi) is 6.41. The van der Waals surface area contributed by atoms with Gasteiger partial charge in [-0.3, -0.25) is 0 Å². The number of rotatable bonds is 3. The molecule has 86 valence electrons. The van der Waals surface area contributed by atoms with Crippen molar-refractivity contribution in [2.75, 3.05) is 0 Å². The van der Waals surface area contributed by atoms with Crippen molar-refractivity contribution in [3.8, 4) is 0 Å². The van der Waals surface area contributed by atoms with Crippen LogP contribution in [0.4, 0.5) is 4.39 Å². The SMILES string of the molecule is CC(C)C[C@@H](N)c1cc(F)ccc1Br.Cl. The van der Waals surface area contributed by atoms with Gasteiger partial charge in [-0.05, 0) is 36.1 Å². The molecule has 1 aromatic carbocycles. The first kappa shape index (κ1) is 14.9. The van der Waals surface area contributed by atoms with Crippen molar-refractivity contribution in [2.45, 2.75) is 26.3 Å². The van der Waals surface area contributed by atoms with Crippen molar-refractivity contribution in [3.05, 3.63) is 34.1 Å². The van der Waals surface area contributed by atoms with Crippen LogP contribution in [0.3, 0.4) is 0 Å². The second-order valence-electron chi connectivity index (χ2n) is 3.90. The van der Waals surface area contributed by atoms with Crippen LogP contribution in [-0.2, 0) is 0 Å². The van der Waals surface area contributed by atoms with E-state index in [1.165, 1.54) is 12.1 Å². The van der Waals surface area contributed by atoms with E-state index in [-0.39, 0.29) is 24.3 Å². The number of hydrogen-bond donors (Lipinski definition) is 1. The zero-order valence-electron chi connectivity index (χ0n) is 8.84. The van der Waals surface area contributed by atoms with Crippen LogP contribution in [0.15, 0.2) is 22.7 Å². The summed E-state index contributed by atoms with van der Waals surface area (Å²) >= 11 is 3.37. The summed E-state index contributed by atoms with van der Waals surface area (Å²) in [6, 6.07) is 4.53. The molecule has 0 aliphatic rings. The minimum Gasteiger partial charge on any atom is -0.324 e. The standard InChI is InChI=1S/C11H15BrFN.ClH/c1-7(2)5-11(14)9-6-8(13)3-4-10(9)12;/h3-4,6-7,11H,5,14H2,1-2H3;1H/t11-;/m1./s1. The number of halogens is 3. The smallest absolute Gasteiger partial charge is 0.123 e. The fourth-order valence-corrected chi connectivity index (χ4v) is 1.97. The van der Waals surface area contributed by atoms with Gasteiger partial charge in [0.15, 0.2) is 0 Å². The van der Waals surface area contributed by atoms with Crippen LogP contribution in [0.5, 0.6) is 0 Å². The molecule has 15 heavy (non-hydrogen) atoms. The average molecular weight is 297 g/mol. The number of nitrogens with two attached hydrogens (primary N) is 1. The lowest BCUT2D eigenvalue weighted by Crippen LogP contribution is -2.13. The van der Waals surface area contributed by atoms with Crippen LogP contribution < -0.4 is 5.73 Å². The Balaban J connectivity index is 0.00000196. The van der Waals surface area contributed by atoms with E-state index in [1.807, 2.05) is 0 Å². The summed E-state index contributed by atoms with van der Waals surface area (Å²) in [6.45, 7) is 4.21. The fourth-order valence-electron chi connectivity index (χ4n) is 1.43. The van der Waals surface area contributed by atoms with Crippen LogP contribution in [-0.4, -0.2) is 0 Å². The van der Waals surface area contributed by atoms with E-state index in [0.717, 1.165) is 16.5 Å². The van der Waals surface area contributed by atoms with E-state index in [9.17, 15) is 4.39 Å². The van der Waals surface area contributed by atoms with E-state index in [4.69, 9.17) is 5.73 Å². The first-order valence-corrected chi connectivity index (χ1v) is 5.50. The van der Waals surface area contributed by atoms with Gasteiger partial charge in [0.05, 0.1) is 0 Å². The second kappa shape index (κ2) is 6.46. The van der Waals surface area contributed by atoms with E-state index in [1.54, 1.807) is 6.07 Å². The van der Waals surface area contributed by atoms with Gasteiger partial charge < -0.3 is 5.73 Å². The zero-order valence-corrected chi connectivity index (χ0v) is 11.2. The Labute approximate surface area is 105 Å². The molecule has 0 fully saturated rings. The third-order valence-corrected chi connectivity index (χ3v) is 2.81. The monoisotopic (exact) mass is 295 g/mol. The quantitative estimate of drug-likeness (QED) is 0.894. The molecule has 0 radical (unpaired) electrons. The lowest BCUT2D eigenvalue weighted by atomic mass is 9.98. The molecule has 0 heterocycles. The highest BCUT2D eigenvalue weighted by Gasteiger charge is 2.12. The molecular weight excluding hydrogens is 280 g/mol. The predicted molar refractivity (Wildman–Crippen MR) is 67.7 cm³/mol. The van der Waals surface area contributed by atoms with Crippen molar-refractivity contribution < 1.29 is 4.39 Å². The molecule has 0 saturated heterocycles. The largest absolute Gasteiger partial charge is 0.324 e. The molecule has 1 rings (SSSR count). The van der Waals surface area contributed by atoms with Gasteiger partial charge in [-0.2, -0.15) is 0 Å². The third-order valence-electron chi connectivity index (χ3n) is 2.08. The highest BCUT2D eigenvalue weighted by Crippen LogP contribution is 2.26. The topological polar surface area (TPSA) is 26.0 Å². The van der Waals surface area contributed by atoms with Crippen LogP contribution in [0.2, 0.25) is 0 Å². The maximum atomic E-state index is 13.0. The highest BCUT2D eigenvalue weighted by molar-refractivity contribution is 9.10. The van der Waals surface area contributed by atoms with Crippen molar-refractivity contribution in [1.82, 2.24) is 0 Å². The summed E-state index contributed by atoms with van der Waals surface area (Å²) in [5.41, 5.74) is 6.82. The highest BCUT2D eigenvalue weighted by atomic mass is 79.9. The Bertz CT molecular complexity index is 317. The number of hydrogen-bond acceptors (Lipinski definition) is 1. The van der Waals surface area contributed by atoms with E-state index < -0.39 is 0 Å². The van der Waals surface area contributed by atoms with Crippen LogP contribution in [0.1, 0.15) is 31.9 Å². The van der Waals surface area contributed by atoms with Gasteiger partial charge in [0.1, 0.15) is 5.82 Å². The maximum Gasteiger partial charge on any atom is 0.123 e. The first-order valence-electron chi connectivity index (χ1n) is 4.71. The van der Waals surface area contributed by atoms with Crippen molar-refractivity contribution in [3.63, 3.8) is 0 Å². The van der Waals surface area contributed by atoms with Crippen molar-refractivity contribution in [2.24, 2.45) is 11.7 Å². The summed E-state index contributed by atoms with van der Waals surface area (Å²) in [5.74, 6) is 0.280. The van der Waals surface area contributed by atoms with Gasteiger partial charge in [0.25, 0.3) is 0 Å². The molecular formula is C11H16BrClFN. The molecule has 0 amide bonds. The average Bonchev–Trinajstić information content (AvgIpc) is 2.08. The summed E-state index contributed by atoms with van der Waals surface area (Å²) in [6.07, 6.45) is 0.863. The molecule has 2 N–H and O–H groups in total. The van der Waals surface area contributed by atoms with Gasteiger partial charge >= 0.3 is 0 Å². The summed E-state index contributed by atoms with van der Waals surface area (Å²) < 4.78 is 13.9. The molecule has 0 aliphatic heterocycles. The maximum absolute atomic E-state index is 13.0. The lowest BCUT2D eigenvalue weighted by Gasteiger charge is -2.15. The minimum absolute atomic E-state index is 0. The Hall–Kier alpha value is -0.120. The molecule has 0 unspecified atom stereocenters. The molecule has 0 aromatic heterocycles. The first-order chi connectivity index (χ1) is 6.50. The molecule has 0 spiro atoms. The van der Waals surface area contributed by atoms with Gasteiger partial charge in [0, 0.05) is 10.5 Å². The number of benzene rings is 1. The minimum atomic E-state index is -0.234. The molecule has 0 bridgehead atoms. The normalized spacial score (nSPS) is 12.4. The lowest BCUT2D eigenvalue weighted by molar-refractivity contribution is 0.506. The summed E-state index contributed by atoms with van der Waals surface area (Å²) in [5, 5.41) is 0. The summed E-state index contributed by atoms with van der Waals surface area (Å²) in [4.78, 5) is 0. The third kappa shape index (κ3) is 4.49. The molecule has 0 saturated carbocycles. The van der Waals surface area contributed by atoms with Crippen molar-refractivity contribution in [1.29, 1.82) is 0 Å². The van der Waals surface area contributed by atoms with E-state index >= 15 is 0 Å². The molecule has 1 atom stereocenters. The Morgan fingerprint density at radius 1 is 1.40 bits per heavy atom. The van der Waals surface area contributed by atoms with Crippen molar-refractivity contribution >= 4 is 28.3 Å². The van der Waals surface area contributed by atoms with E-state index in [2.05, 4.69) is 29.8 Å². The van der Waals surface area contributed by atoms with Crippen LogP contribution in [0, 0.1) is 11.7 Å². The molecule has 0 aliphatic carbocycles. The molecule has 4 heteroatoms. The Morgan fingerprint density at radius 2 is 2.00 bits per heavy atom. The Morgan fingerprint density at radius 3 is 2.53 bits per heavy atom. The molecule has 1 nitrogen and oxygen atoms in total. The second-order valence-corrected chi connectivity index (χ2v) is 4.76. The zero-order chi connectivity index (χ0) is 10.7. The van der Waals surface area contributed by atoms with E-state index in [0.29, 0.717) is 5.92 Å². The van der Waals surface area contributed by atoms with Crippen LogP contribution >= 0.6 is 28.3 Å². The van der Waals surface area contributed by atoms with Crippen LogP contribution in [0.25, 0.3) is 0 Å². The summed E-state index contributed by atoms with van der Waals surface area (Å²) in [7, 11) is 0.